The van der Waals surface area contributed by atoms with Crippen LogP contribution in [0.1, 0.15) is 23.1 Å². The molecule has 1 amide bonds. The monoisotopic (exact) mass is 275 g/mol. The number of rotatable bonds is 3. The highest BCUT2D eigenvalue weighted by Gasteiger charge is 2.28. The Hall–Kier alpha value is -1.82. The molecule has 1 unspecified atom stereocenters. The van der Waals surface area contributed by atoms with Crippen LogP contribution < -0.4 is 0 Å². The fraction of sp³-hybridized carbons (Fsp3) is 0.571. The van der Waals surface area contributed by atoms with Crippen molar-refractivity contribution in [3.8, 4) is 0 Å². The van der Waals surface area contributed by atoms with Crippen molar-refractivity contribution in [2.24, 2.45) is 0 Å². The maximum Gasteiger partial charge on any atom is 0.238 e. The van der Waals surface area contributed by atoms with Gasteiger partial charge in [0.05, 0.1) is 0 Å². The summed E-state index contributed by atoms with van der Waals surface area (Å²) < 4.78 is 0. The van der Waals surface area contributed by atoms with Gasteiger partial charge in [-0.1, -0.05) is 0 Å². The zero-order valence-electron chi connectivity index (χ0n) is 12.3. The molecule has 6 heteroatoms. The molecule has 1 aliphatic rings. The fourth-order valence-corrected chi connectivity index (χ4v) is 2.37. The number of amides is 1. The Balaban J connectivity index is 2.19. The minimum atomic E-state index is -0.669. The van der Waals surface area contributed by atoms with Crippen molar-refractivity contribution in [1.29, 1.82) is 5.41 Å². The van der Waals surface area contributed by atoms with Crippen LogP contribution in [0.3, 0.4) is 0 Å². The lowest BCUT2D eigenvalue weighted by Crippen LogP contribution is -2.49. The van der Waals surface area contributed by atoms with Crippen LogP contribution in [0, 0.1) is 19.3 Å². The molecule has 1 aromatic heterocycles. The molecule has 1 saturated heterocycles. The van der Waals surface area contributed by atoms with Gasteiger partial charge in [-0.3, -0.25) is 4.79 Å². The topological polar surface area (TPSA) is 73.2 Å². The van der Waals surface area contributed by atoms with Crippen LogP contribution in [0.5, 0.6) is 0 Å². The number of hydrogen-bond acceptors (Lipinski definition) is 5. The number of nitrogens with zero attached hydrogens (tertiary/aromatic N) is 4. The number of aromatic nitrogens is 2. The Labute approximate surface area is 119 Å². The lowest BCUT2D eigenvalue weighted by Gasteiger charge is -2.33. The third kappa shape index (κ3) is 3.19. The molecule has 0 aliphatic carbocycles. The van der Waals surface area contributed by atoms with Crippen molar-refractivity contribution in [1.82, 2.24) is 19.8 Å². The molecular weight excluding hydrogens is 254 g/mol. The third-order valence-electron chi connectivity index (χ3n) is 3.53. The first-order valence-corrected chi connectivity index (χ1v) is 6.81. The Bertz CT molecular complexity index is 488. The SMILES string of the molecule is Cc1cc(C)nc(C(C=N)C(=O)N2CCN(C)CC2)n1. The van der Waals surface area contributed by atoms with Crippen molar-refractivity contribution in [3.63, 3.8) is 0 Å². The van der Waals surface area contributed by atoms with Crippen molar-refractivity contribution in [2.75, 3.05) is 33.2 Å². The Morgan fingerprint density at radius 2 is 1.80 bits per heavy atom. The van der Waals surface area contributed by atoms with Gasteiger partial charge in [0.2, 0.25) is 5.91 Å². The van der Waals surface area contributed by atoms with Crippen LogP contribution >= 0.6 is 0 Å². The van der Waals surface area contributed by atoms with E-state index in [1.165, 1.54) is 0 Å². The maximum atomic E-state index is 12.5. The number of likely N-dealkylation sites (N-methyl/N-ethyl adjacent to an activating group) is 1. The van der Waals surface area contributed by atoms with E-state index >= 15 is 0 Å². The third-order valence-corrected chi connectivity index (χ3v) is 3.53. The molecule has 20 heavy (non-hydrogen) atoms. The molecule has 2 heterocycles. The van der Waals surface area contributed by atoms with Crippen LogP contribution in [0.15, 0.2) is 6.07 Å². The average molecular weight is 275 g/mol. The van der Waals surface area contributed by atoms with Gasteiger partial charge < -0.3 is 15.2 Å². The molecule has 1 atom stereocenters. The lowest BCUT2D eigenvalue weighted by atomic mass is 10.1. The van der Waals surface area contributed by atoms with Crippen LogP contribution in [-0.4, -0.2) is 65.1 Å². The standard InChI is InChI=1S/C14H21N5O/c1-10-8-11(2)17-13(16-10)12(9-15)14(20)19-6-4-18(3)5-7-19/h8-9,12,15H,4-7H2,1-3H3. The number of nitrogens with one attached hydrogen (secondary N) is 1. The van der Waals surface area contributed by atoms with Gasteiger partial charge in [-0.05, 0) is 27.0 Å². The van der Waals surface area contributed by atoms with Gasteiger partial charge in [-0.2, -0.15) is 0 Å². The molecule has 0 spiro atoms. The van der Waals surface area contributed by atoms with E-state index in [2.05, 4.69) is 14.9 Å². The van der Waals surface area contributed by atoms with Crippen LogP contribution in [0.2, 0.25) is 0 Å². The van der Waals surface area contributed by atoms with Crippen LogP contribution in [0.25, 0.3) is 0 Å². The summed E-state index contributed by atoms with van der Waals surface area (Å²) in [5.74, 6) is -0.309. The predicted molar refractivity (Wildman–Crippen MR) is 77.1 cm³/mol. The van der Waals surface area contributed by atoms with Crippen molar-refractivity contribution in [2.45, 2.75) is 19.8 Å². The fourth-order valence-electron chi connectivity index (χ4n) is 2.37. The Kier molecular flexibility index (Phi) is 4.44. The van der Waals surface area contributed by atoms with Gasteiger partial charge >= 0.3 is 0 Å². The molecule has 6 nitrogen and oxygen atoms in total. The van der Waals surface area contributed by atoms with E-state index in [4.69, 9.17) is 5.41 Å². The molecule has 2 rings (SSSR count). The molecule has 1 N–H and O–H groups in total. The second kappa shape index (κ2) is 6.09. The first kappa shape index (κ1) is 14.6. The molecule has 1 fully saturated rings. The van der Waals surface area contributed by atoms with Crippen LogP contribution in [-0.2, 0) is 4.79 Å². The van der Waals surface area contributed by atoms with Crippen molar-refractivity contribution >= 4 is 12.1 Å². The number of piperazine rings is 1. The first-order chi connectivity index (χ1) is 9.51. The summed E-state index contributed by atoms with van der Waals surface area (Å²) in [6.45, 7) is 6.88. The zero-order valence-corrected chi connectivity index (χ0v) is 12.3. The second-order valence-electron chi connectivity index (χ2n) is 5.28. The largest absolute Gasteiger partial charge is 0.339 e. The molecule has 0 radical (unpaired) electrons. The summed E-state index contributed by atoms with van der Waals surface area (Å²) in [5.41, 5.74) is 1.65. The van der Waals surface area contributed by atoms with E-state index in [1.807, 2.05) is 27.0 Å². The van der Waals surface area contributed by atoms with Gasteiger partial charge in [0.15, 0.2) is 0 Å². The quantitative estimate of drug-likeness (QED) is 0.820. The molecule has 1 aromatic rings. The number of hydrogen-bond donors (Lipinski definition) is 1. The van der Waals surface area contributed by atoms with Crippen molar-refractivity contribution < 1.29 is 4.79 Å². The first-order valence-electron chi connectivity index (χ1n) is 6.81. The molecule has 0 aromatic carbocycles. The van der Waals surface area contributed by atoms with Gasteiger partial charge in [0.25, 0.3) is 0 Å². The lowest BCUT2D eigenvalue weighted by molar-refractivity contribution is -0.132. The summed E-state index contributed by atoms with van der Waals surface area (Å²) in [4.78, 5) is 25.2. The molecule has 1 aliphatic heterocycles. The Morgan fingerprint density at radius 3 is 2.30 bits per heavy atom. The number of carbonyl (C=O) groups excluding carboxylic acids is 1. The summed E-state index contributed by atoms with van der Waals surface area (Å²) in [7, 11) is 2.04. The normalized spacial score (nSPS) is 17.9. The zero-order chi connectivity index (χ0) is 14.7. The van der Waals surface area contributed by atoms with E-state index in [-0.39, 0.29) is 5.91 Å². The smallest absolute Gasteiger partial charge is 0.238 e. The highest BCUT2D eigenvalue weighted by Crippen LogP contribution is 2.15. The summed E-state index contributed by atoms with van der Waals surface area (Å²) in [6, 6.07) is 1.87. The van der Waals surface area contributed by atoms with Gasteiger partial charge in [0.1, 0.15) is 11.7 Å². The number of aryl methyl sites for hydroxylation is 2. The highest BCUT2D eigenvalue weighted by atomic mass is 16.2. The minimum absolute atomic E-state index is 0.0712. The van der Waals surface area contributed by atoms with E-state index in [0.29, 0.717) is 18.9 Å². The predicted octanol–water partition coefficient (Wildman–Crippen LogP) is 0.601. The summed E-state index contributed by atoms with van der Waals surface area (Å²) >= 11 is 0. The molecule has 0 bridgehead atoms. The van der Waals surface area contributed by atoms with E-state index in [9.17, 15) is 4.79 Å². The van der Waals surface area contributed by atoms with E-state index in [1.54, 1.807) is 4.90 Å². The van der Waals surface area contributed by atoms with Gasteiger partial charge in [-0.25, -0.2) is 9.97 Å². The maximum absolute atomic E-state index is 12.5. The highest BCUT2D eigenvalue weighted by molar-refractivity contribution is 5.97. The minimum Gasteiger partial charge on any atom is -0.339 e. The van der Waals surface area contributed by atoms with Gasteiger partial charge in [0, 0.05) is 43.8 Å². The molecule has 108 valence electrons. The van der Waals surface area contributed by atoms with Crippen LogP contribution in [0.4, 0.5) is 0 Å². The Morgan fingerprint density at radius 1 is 1.25 bits per heavy atom. The van der Waals surface area contributed by atoms with E-state index in [0.717, 1.165) is 30.7 Å². The van der Waals surface area contributed by atoms with Crippen molar-refractivity contribution in [3.05, 3.63) is 23.3 Å². The van der Waals surface area contributed by atoms with Gasteiger partial charge in [-0.15, -0.1) is 0 Å². The average Bonchev–Trinajstić information content (AvgIpc) is 2.39. The number of carbonyl (C=O) groups is 1. The summed E-state index contributed by atoms with van der Waals surface area (Å²) in [5, 5.41) is 7.56. The second-order valence-corrected chi connectivity index (χ2v) is 5.28. The molecule has 0 saturated carbocycles. The van der Waals surface area contributed by atoms with E-state index < -0.39 is 5.92 Å². The summed E-state index contributed by atoms with van der Waals surface area (Å²) in [6.07, 6.45) is 1.15. The molecular formula is C14H21N5O.